The Morgan fingerprint density at radius 3 is 2.67 bits per heavy atom. The molecule has 0 atom stereocenters. The normalized spacial score (nSPS) is 18.8. The SMILES string of the molecule is NNC(=O)OSC1CCCCC1. The number of nitrogens with one attached hydrogen (secondary N) is 1. The highest BCUT2D eigenvalue weighted by Crippen LogP contribution is 2.28. The number of carbonyl (C=O) groups is 1. The Bertz CT molecular complexity index is 148. The van der Waals surface area contributed by atoms with Crippen molar-refractivity contribution < 1.29 is 8.98 Å². The lowest BCUT2D eigenvalue weighted by atomic mass is 10.0. The number of hydrogen-bond donors (Lipinski definition) is 2. The zero-order valence-electron chi connectivity index (χ0n) is 6.91. The lowest BCUT2D eigenvalue weighted by molar-refractivity contribution is 0.208. The minimum Gasteiger partial charge on any atom is -0.374 e. The molecule has 1 fully saturated rings. The summed E-state index contributed by atoms with van der Waals surface area (Å²) in [5.74, 6) is 4.85. The van der Waals surface area contributed by atoms with Gasteiger partial charge in [-0.1, -0.05) is 19.3 Å². The largest absolute Gasteiger partial charge is 0.433 e. The number of hydrazine groups is 1. The summed E-state index contributed by atoms with van der Waals surface area (Å²) < 4.78 is 4.77. The van der Waals surface area contributed by atoms with Crippen LogP contribution in [-0.4, -0.2) is 11.3 Å². The van der Waals surface area contributed by atoms with E-state index < -0.39 is 6.09 Å². The first kappa shape index (κ1) is 9.67. The molecule has 0 aromatic rings. The van der Waals surface area contributed by atoms with E-state index in [0.717, 1.165) is 12.8 Å². The monoisotopic (exact) mass is 190 g/mol. The van der Waals surface area contributed by atoms with Crippen molar-refractivity contribution >= 4 is 18.1 Å². The van der Waals surface area contributed by atoms with Crippen molar-refractivity contribution in [3.05, 3.63) is 0 Å². The lowest BCUT2D eigenvalue weighted by Gasteiger charge is -2.18. The minimum atomic E-state index is -0.564. The van der Waals surface area contributed by atoms with E-state index in [2.05, 4.69) is 0 Å². The van der Waals surface area contributed by atoms with Gasteiger partial charge in [-0.2, -0.15) is 0 Å². The molecule has 0 unspecified atom stereocenters. The number of carbonyl (C=O) groups excluding carboxylic acids is 1. The smallest absolute Gasteiger partial charge is 0.374 e. The van der Waals surface area contributed by atoms with Gasteiger partial charge in [0.25, 0.3) is 0 Å². The molecule has 3 N–H and O–H groups in total. The van der Waals surface area contributed by atoms with Gasteiger partial charge >= 0.3 is 6.09 Å². The maximum atomic E-state index is 10.6. The summed E-state index contributed by atoms with van der Waals surface area (Å²) in [6, 6.07) is 0. The molecule has 0 aromatic heterocycles. The minimum absolute atomic E-state index is 0.469. The number of nitrogens with two attached hydrogens (primary N) is 1. The molecule has 0 radical (unpaired) electrons. The quantitative estimate of drug-likeness (QED) is 0.300. The zero-order valence-corrected chi connectivity index (χ0v) is 7.73. The predicted molar refractivity (Wildman–Crippen MR) is 48.3 cm³/mol. The molecule has 0 aliphatic heterocycles. The fourth-order valence-electron chi connectivity index (χ4n) is 1.30. The van der Waals surface area contributed by atoms with Crippen molar-refractivity contribution in [2.24, 2.45) is 5.84 Å². The average Bonchev–Trinajstić information content (AvgIpc) is 2.16. The van der Waals surface area contributed by atoms with E-state index in [0.29, 0.717) is 5.25 Å². The second-order valence-corrected chi connectivity index (χ2v) is 3.90. The summed E-state index contributed by atoms with van der Waals surface area (Å²) in [4.78, 5) is 10.6. The Balaban J connectivity index is 2.09. The molecule has 1 rings (SSSR count). The molecule has 5 heteroatoms. The van der Waals surface area contributed by atoms with Crippen LogP contribution in [0.25, 0.3) is 0 Å². The standard InChI is InChI=1S/C7H14N2O2S/c8-9-7(10)11-12-6-4-2-1-3-5-6/h6H,1-5,8H2,(H,9,10). The molecule has 1 aliphatic rings. The third-order valence-corrected chi connectivity index (χ3v) is 2.92. The van der Waals surface area contributed by atoms with Gasteiger partial charge in [0.05, 0.1) is 12.0 Å². The maximum absolute atomic E-state index is 10.6. The van der Waals surface area contributed by atoms with E-state index in [1.165, 1.54) is 31.3 Å². The zero-order chi connectivity index (χ0) is 8.81. The number of hydrogen-bond acceptors (Lipinski definition) is 4. The van der Waals surface area contributed by atoms with Crippen LogP contribution in [0.2, 0.25) is 0 Å². The molecule has 4 nitrogen and oxygen atoms in total. The molecule has 0 bridgehead atoms. The second kappa shape index (κ2) is 5.27. The van der Waals surface area contributed by atoms with Gasteiger partial charge in [0.2, 0.25) is 0 Å². The third-order valence-electron chi connectivity index (χ3n) is 1.93. The van der Waals surface area contributed by atoms with Crippen LogP contribution in [-0.2, 0) is 4.18 Å². The topological polar surface area (TPSA) is 64.3 Å². The molecule has 1 amide bonds. The molecule has 70 valence electrons. The third kappa shape index (κ3) is 3.32. The van der Waals surface area contributed by atoms with Gasteiger partial charge in [-0.3, -0.25) is 5.43 Å². The summed E-state index contributed by atoms with van der Waals surface area (Å²) in [5.41, 5.74) is 1.92. The lowest BCUT2D eigenvalue weighted by Crippen LogP contribution is -2.29. The van der Waals surface area contributed by atoms with Crippen molar-refractivity contribution in [3.8, 4) is 0 Å². The van der Waals surface area contributed by atoms with Crippen molar-refractivity contribution in [1.82, 2.24) is 5.43 Å². The van der Waals surface area contributed by atoms with E-state index in [4.69, 9.17) is 10.0 Å². The molecule has 1 saturated carbocycles. The van der Waals surface area contributed by atoms with Crippen molar-refractivity contribution in [2.75, 3.05) is 0 Å². The Morgan fingerprint density at radius 2 is 2.08 bits per heavy atom. The van der Waals surface area contributed by atoms with E-state index in [9.17, 15) is 4.79 Å². The summed E-state index contributed by atoms with van der Waals surface area (Å²) in [7, 11) is 0. The van der Waals surface area contributed by atoms with Crippen molar-refractivity contribution in [1.29, 1.82) is 0 Å². The van der Waals surface area contributed by atoms with Gasteiger partial charge in [0.15, 0.2) is 0 Å². The Kier molecular flexibility index (Phi) is 4.24. The van der Waals surface area contributed by atoms with Gasteiger partial charge in [0, 0.05) is 5.25 Å². The average molecular weight is 190 g/mol. The second-order valence-electron chi connectivity index (χ2n) is 2.87. The van der Waals surface area contributed by atoms with Crippen LogP contribution in [0.4, 0.5) is 4.79 Å². The highest BCUT2D eigenvalue weighted by Gasteiger charge is 2.16. The molecule has 0 saturated heterocycles. The fourth-order valence-corrected chi connectivity index (χ4v) is 2.09. The van der Waals surface area contributed by atoms with Crippen LogP contribution in [0.1, 0.15) is 32.1 Å². The predicted octanol–water partition coefficient (Wildman–Crippen LogP) is 1.57. The van der Waals surface area contributed by atoms with Gasteiger partial charge in [-0.15, -0.1) is 0 Å². The van der Waals surface area contributed by atoms with Gasteiger partial charge in [0.1, 0.15) is 0 Å². The van der Waals surface area contributed by atoms with Crippen LogP contribution >= 0.6 is 12.0 Å². The first-order valence-electron chi connectivity index (χ1n) is 4.17. The van der Waals surface area contributed by atoms with Crippen LogP contribution in [0.5, 0.6) is 0 Å². The Labute approximate surface area is 76.4 Å². The van der Waals surface area contributed by atoms with Gasteiger partial charge < -0.3 is 4.18 Å². The maximum Gasteiger partial charge on any atom is 0.433 e. The highest BCUT2D eigenvalue weighted by molar-refractivity contribution is 7.95. The van der Waals surface area contributed by atoms with Crippen LogP contribution in [0.15, 0.2) is 0 Å². The van der Waals surface area contributed by atoms with E-state index >= 15 is 0 Å². The fraction of sp³-hybridized carbons (Fsp3) is 0.857. The van der Waals surface area contributed by atoms with E-state index in [-0.39, 0.29) is 0 Å². The number of rotatable bonds is 2. The van der Waals surface area contributed by atoms with E-state index in [1.807, 2.05) is 5.43 Å². The van der Waals surface area contributed by atoms with Crippen molar-refractivity contribution in [3.63, 3.8) is 0 Å². The summed E-state index contributed by atoms with van der Waals surface area (Å²) in [6.45, 7) is 0. The molecule has 1 aliphatic carbocycles. The van der Waals surface area contributed by atoms with E-state index in [1.54, 1.807) is 0 Å². The van der Waals surface area contributed by atoms with Gasteiger partial charge in [-0.25, -0.2) is 10.6 Å². The molecule has 12 heavy (non-hydrogen) atoms. The Morgan fingerprint density at radius 1 is 1.42 bits per heavy atom. The Hall–Kier alpha value is -0.420. The summed E-state index contributed by atoms with van der Waals surface area (Å²) in [6.07, 6.45) is 5.51. The van der Waals surface area contributed by atoms with Gasteiger partial charge in [-0.05, 0) is 12.8 Å². The molecule has 0 spiro atoms. The van der Waals surface area contributed by atoms with Crippen LogP contribution in [0, 0.1) is 0 Å². The summed E-state index contributed by atoms with van der Waals surface area (Å²) >= 11 is 1.24. The first-order valence-corrected chi connectivity index (χ1v) is 4.97. The molecule has 0 aromatic carbocycles. The van der Waals surface area contributed by atoms with Crippen molar-refractivity contribution in [2.45, 2.75) is 37.4 Å². The highest BCUT2D eigenvalue weighted by atomic mass is 32.2. The summed E-state index contributed by atoms with van der Waals surface area (Å²) in [5, 5.41) is 0.469. The van der Waals surface area contributed by atoms with Crippen LogP contribution in [0.3, 0.4) is 0 Å². The number of amides is 1. The first-order chi connectivity index (χ1) is 5.83. The molecule has 0 heterocycles. The van der Waals surface area contributed by atoms with Crippen LogP contribution < -0.4 is 11.3 Å². The molecular formula is C7H14N2O2S. The molecular weight excluding hydrogens is 176 g/mol.